The Labute approximate surface area is 103 Å². The van der Waals surface area contributed by atoms with Crippen molar-refractivity contribution in [3.8, 4) is 0 Å². The smallest absolute Gasteiger partial charge is 0.423 e. The fourth-order valence-electron chi connectivity index (χ4n) is 2.60. The lowest BCUT2D eigenvalue weighted by atomic mass is 9.77. The van der Waals surface area contributed by atoms with Crippen molar-refractivity contribution in [3.63, 3.8) is 0 Å². The van der Waals surface area contributed by atoms with E-state index in [1.807, 2.05) is 18.2 Å². The summed E-state index contributed by atoms with van der Waals surface area (Å²) in [7, 11) is -1.37. The van der Waals surface area contributed by atoms with E-state index in [0.717, 1.165) is 31.1 Å². The van der Waals surface area contributed by atoms with Gasteiger partial charge in [-0.15, -0.1) is 0 Å². The largest absolute Gasteiger partial charge is 0.488 e. The topological polar surface area (TPSA) is 43.7 Å². The van der Waals surface area contributed by atoms with Gasteiger partial charge in [-0.3, -0.25) is 4.90 Å². The van der Waals surface area contributed by atoms with Crippen LogP contribution in [0.1, 0.15) is 25.3 Å². The molecule has 0 radical (unpaired) electrons. The zero-order valence-electron chi connectivity index (χ0n) is 10.3. The first-order valence-electron chi connectivity index (χ1n) is 6.33. The molecule has 17 heavy (non-hydrogen) atoms. The van der Waals surface area contributed by atoms with Crippen LogP contribution in [-0.2, 0) is 6.54 Å². The summed E-state index contributed by atoms with van der Waals surface area (Å²) in [6.45, 7) is 5.31. The van der Waals surface area contributed by atoms with Gasteiger partial charge in [0.15, 0.2) is 0 Å². The van der Waals surface area contributed by atoms with Crippen LogP contribution in [0, 0.1) is 5.92 Å². The molecule has 1 aliphatic heterocycles. The van der Waals surface area contributed by atoms with Gasteiger partial charge in [0, 0.05) is 13.1 Å². The Morgan fingerprint density at radius 3 is 2.82 bits per heavy atom. The molecule has 1 aliphatic rings. The van der Waals surface area contributed by atoms with Gasteiger partial charge in [-0.25, -0.2) is 0 Å². The van der Waals surface area contributed by atoms with Crippen LogP contribution in [0.2, 0.25) is 0 Å². The Bertz CT molecular complexity index is 370. The second kappa shape index (κ2) is 5.67. The molecule has 0 bridgehead atoms. The summed E-state index contributed by atoms with van der Waals surface area (Å²) in [5.74, 6) is 0.745. The third-order valence-corrected chi connectivity index (χ3v) is 3.47. The Kier molecular flexibility index (Phi) is 4.21. The van der Waals surface area contributed by atoms with Crippen LogP contribution in [-0.4, -0.2) is 35.2 Å². The van der Waals surface area contributed by atoms with Crippen LogP contribution < -0.4 is 5.46 Å². The van der Waals surface area contributed by atoms with Gasteiger partial charge in [-0.2, -0.15) is 0 Å². The third-order valence-electron chi connectivity index (χ3n) is 3.47. The van der Waals surface area contributed by atoms with Crippen molar-refractivity contribution >= 4 is 12.6 Å². The highest BCUT2D eigenvalue weighted by Gasteiger charge is 2.20. The summed E-state index contributed by atoms with van der Waals surface area (Å²) in [6, 6.07) is 7.56. The van der Waals surface area contributed by atoms with E-state index < -0.39 is 7.12 Å². The van der Waals surface area contributed by atoms with Gasteiger partial charge in [0.05, 0.1) is 0 Å². The number of benzene rings is 1. The van der Waals surface area contributed by atoms with Gasteiger partial charge in [-0.1, -0.05) is 31.2 Å². The van der Waals surface area contributed by atoms with Crippen molar-refractivity contribution in [2.75, 3.05) is 13.1 Å². The predicted octanol–water partition coefficient (Wildman–Crippen LogP) is 0.598. The molecule has 4 heteroatoms. The Morgan fingerprint density at radius 1 is 1.35 bits per heavy atom. The molecule has 1 fully saturated rings. The number of rotatable bonds is 3. The summed E-state index contributed by atoms with van der Waals surface area (Å²) in [4.78, 5) is 2.40. The maximum atomic E-state index is 9.32. The molecular formula is C13H20BNO2. The number of likely N-dealkylation sites (tertiary alicyclic amines) is 1. The van der Waals surface area contributed by atoms with E-state index in [9.17, 15) is 10.0 Å². The minimum Gasteiger partial charge on any atom is -0.423 e. The van der Waals surface area contributed by atoms with E-state index in [2.05, 4.69) is 11.8 Å². The standard InChI is InChI=1S/C13H20BNO2/c1-11-5-4-8-15(9-11)10-12-6-2-3-7-13(12)14(16)17/h2-3,6-7,11,16-17H,4-5,8-10H2,1H3. The monoisotopic (exact) mass is 233 g/mol. The summed E-state index contributed by atoms with van der Waals surface area (Å²) in [6.07, 6.45) is 2.55. The van der Waals surface area contributed by atoms with E-state index in [1.54, 1.807) is 6.07 Å². The quantitative estimate of drug-likeness (QED) is 0.751. The zero-order valence-corrected chi connectivity index (χ0v) is 10.3. The Morgan fingerprint density at radius 2 is 2.12 bits per heavy atom. The number of hydrogen-bond donors (Lipinski definition) is 2. The molecule has 3 nitrogen and oxygen atoms in total. The fraction of sp³-hybridized carbons (Fsp3) is 0.538. The van der Waals surface area contributed by atoms with Crippen molar-refractivity contribution in [2.24, 2.45) is 5.92 Å². The van der Waals surface area contributed by atoms with Gasteiger partial charge in [-0.05, 0) is 36.3 Å². The lowest BCUT2D eigenvalue weighted by Crippen LogP contribution is -2.38. The van der Waals surface area contributed by atoms with E-state index >= 15 is 0 Å². The number of nitrogens with zero attached hydrogens (tertiary/aromatic N) is 1. The second-order valence-electron chi connectivity index (χ2n) is 5.05. The van der Waals surface area contributed by atoms with Gasteiger partial charge in [0.25, 0.3) is 0 Å². The van der Waals surface area contributed by atoms with E-state index in [-0.39, 0.29) is 0 Å². The Hall–Kier alpha value is -0.835. The zero-order chi connectivity index (χ0) is 12.3. The average Bonchev–Trinajstić information content (AvgIpc) is 2.29. The van der Waals surface area contributed by atoms with Gasteiger partial charge < -0.3 is 10.0 Å². The first-order chi connectivity index (χ1) is 8.16. The molecular weight excluding hydrogens is 213 g/mol. The third kappa shape index (κ3) is 3.31. The highest BCUT2D eigenvalue weighted by atomic mass is 16.4. The minimum atomic E-state index is -1.37. The van der Waals surface area contributed by atoms with Crippen LogP contribution >= 0.6 is 0 Å². The maximum Gasteiger partial charge on any atom is 0.488 e. The molecule has 0 spiro atoms. The van der Waals surface area contributed by atoms with Crippen LogP contribution in [0.25, 0.3) is 0 Å². The van der Waals surface area contributed by atoms with Gasteiger partial charge in [0.2, 0.25) is 0 Å². The number of hydrogen-bond acceptors (Lipinski definition) is 3. The van der Waals surface area contributed by atoms with Crippen molar-refractivity contribution in [2.45, 2.75) is 26.3 Å². The predicted molar refractivity (Wildman–Crippen MR) is 69.9 cm³/mol. The lowest BCUT2D eigenvalue weighted by molar-refractivity contribution is 0.177. The van der Waals surface area contributed by atoms with Crippen molar-refractivity contribution < 1.29 is 10.0 Å². The first kappa shape index (κ1) is 12.6. The van der Waals surface area contributed by atoms with Gasteiger partial charge in [0.1, 0.15) is 0 Å². The molecule has 1 aromatic rings. The van der Waals surface area contributed by atoms with E-state index in [4.69, 9.17) is 0 Å². The molecule has 2 N–H and O–H groups in total. The maximum absolute atomic E-state index is 9.32. The molecule has 2 rings (SSSR count). The average molecular weight is 233 g/mol. The minimum absolute atomic E-state index is 0.630. The van der Waals surface area contributed by atoms with Crippen LogP contribution in [0.4, 0.5) is 0 Å². The van der Waals surface area contributed by atoms with Gasteiger partial charge >= 0.3 is 7.12 Å². The van der Waals surface area contributed by atoms with Crippen LogP contribution in [0.5, 0.6) is 0 Å². The fourth-order valence-corrected chi connectivity index (χ4v) is 2.60. The molecule has 1 saturated heterocycles. The van der Waals surface area contributed by atoms with Crippen molar-refractivity contribution in [1.82, 2.24) is 4.90 Å². The van der Waals surface area contributed by atoms with E-state index in [0.29, 0.717) is 5.46 Å². The molecule has 0 aromatic heterocycles. The number of piperidine rings is 1. The molecule has 92 valence electrons. The first-order valence-corrected chi connectivity index (χ1v) is 6.33. The normalized spacial score (nSPS) is 21.5. The highest BCUT2D eigenvalue weighted by Crippen LogP contribution is 2.17. The molecule has 0 aliphatic carbocycles. The highest BCUT2D eigenvalue weighted by molar-refractivity contribution is 6.59. The molecule has 1 aromatic carbocycles. The van der Waals surface area contributed by atoms with Crippen molar-refractivity contribution in [3.05, 3.63) is 29.8 Å². The van der Waals surface area contributed by atoms with Crippen LogP contribution in [0.15, 0.2) is 24.3 Å². The molecule has 1 atom stereocenters. The molecule has 0 amide bonds. The molecule has 1 heterocycles. The van der Waals surface area contributed by atoms with E-state index in [1.165, 1.54) is 12.8 Å². The summed E-state index contributed by atoms with van der Waals surface area (Å²) < 4.78 is 0. The lowest BCUT2D eigenvalue weighted by Gasteiger charge is -2.31. The summed E-state index contributed by atoms with van der Waals surface area (Å²) >= 11 is 0. The molecule has 0 saturated carbocycles. The Balaban J connectivity index is 2.07. The molecule has 1 unspecified atom stereocenters. The van der Waals surface area contributed by atoms with Crippen LogP contribution in [0.3, 0.4) is 0 Å². The summed E-state index contributed by atoms with van der Waals surface area (Å²) in [5.41, 5.74) is 1.65. The second-order valence-corrected chi connectivity index (χ2v) is 5.05. The van der Waals surface area contributed by atoms with Crippen molar-refractivity contribution in [1.29, 1.82) is 0 Å². The SMILES string of the molecule is CC1CCCN(Cc2ccccc2B(O)O)C1. The summed E-state index contributed by atoms with van der Waals surface area (Å²) in [5, 5.41) is 18.6.